The second-order valence-electron chi connectivity index (χ2n) is 4.42. The van der Waals surface area contributed by atoms with E-state index in [2.05, 4.69) is 10.3 Å². The van der Waals surface area contributed by atoms with Crippen molar-refractivity contribution in [1.29, 1.82) is 0 Å². The normalized spacial score (nSPS) is 10.9. The van der Waals surface area contributed by atoms with Gasteiger partial charge in [-0.25, -0.2) is 4.98 Å². The topological polar surface area (TPSA) is 71.2 Å². The van der Waals surface area contributed by atoms with Gasteiger partial charge in [0.2, 0.25) is 0 Å². The van der Waals surface area contributed by atoms with E-state index in [4.69, 9.17) is 5.73 Å². The van der Waals surface area contributed by atoms with Gasteiger partial charge in [0, 0.05) is 20.6 Å². The van der Waals surface area contributed by atoms with Crippen molar-refractivity contribution in [3.8, 4) is 0 Å². The maximum Gasteiger partial charge on any atom is 0.261 e. The Bertz CT molecular complexity index is 530. The van der Waals surface area contributed by atoms with Crippen LogP contribution in [0.1, 0.15) is 22.5 Å². The molecule has 0 fully saturated rings. The summed E-state index contributed by atoms with van der Waals surface area (Å²) in [7, 11) is 3.93. The van der Waals surface area contributed by atoms with Crippen molar-refractivity contribution in [3.63, 3.8) is 0 Å². The van der Waals surface area contributed by atoms with Crippen LogP contribution >= 0.6 is 22.7 Å². The Morgan fingerprint density at radius 1 is 1.42 bits per heavy atom. The smallest absolute Gasteiger partial charge is 0.261 e. The summed E-state index contributed by atoms with van der Waals surface area (Å²) < 4.78 is 1.07. The maximum absolute atomic E-state index is 11.9. The fraction of sp³-hybridized carbons (Fsp3) is 0.500. The van der Waals surface area contributed by atoms with Crippen LogP contribution in [0.5, 0.6) is 0 Å². The average molecular weight is 298 g/mol. The molecule has 0 spiro atoms. The fourth-order valence-corrected chi connectivity index (χ4v) is 3.64. The third-order valence-electron chi connectivity index (χ3n) is 2.60. The Hall–Kier alpha value is -1.18. The molecule has 0 aliphatic heterocycles. The number of hydrogen-bond acceptors (Lipinski definition) is 6. The maximum atomic E-state index is 11.9. The van der Waals surface area contributed by atoms with Crippen LogP contribution in [0.2, 0.25) is 0 Å². The lowest BCUT2D eigenvalue weighted by atomic mass is 10.3. The number of carbonyl (C=O) groups is 1. The first-order valence-electron chi connectivity index (χ1n) is 6.18. The molecule has 0 radical (unpaired) electrons. The average Bonchev–Trinajstić information content (AvgIpc) is 2.92. The number of thiophene rings is 1. The van der Waals surface area contributed by atoms with Crippen LogP contribution in [-0.2, 0) is 0 Å². The number of amides is 1. The lowest BCUT2D eigenvalue weighted by Gasteiger charge is -2.05. The zero-order valence-corrected chi connectivity index (χ0v) is 12.7. The highest BCUT2D eigenvalue weighted by Crippen LogP contribution is 2.33. The van der Waals surface area contributed by atoms with Gasteiger partial charge in [0.05, 0.1) is 9.58 Å². The van der Waals surface area contributed by atoms with E-state index in [0.29, 0.717) is 13.1 Å². The number of carbonyl (C=O) groups excluding carboxylic acids is 1. The molecule has 2 aromatic heterocycles. The van der Waals surface area contributed by atoms with Gasteiger partial charge >= 0.3 is 0 Å². The molecule has 0 saturated carbocycles. The van der Waals surface area contributed by atoms with Gasteiger partial charge in [0.25, 0.3) is 5.91 Å². The first-order chi connectivity index (χ1) is 9.11. The van der Waals surface area contributed by atoms with Crippen molar-refractivity contribution >= 4 is 43.2 Å². The standard InChI is InChI=1S/C12H18N4OS2/c1-16(2)12-15-11-9(19-12)7-8(18-11)10(17)14-6-4-3-5-13/h7H,3-6,13H2,1-2H3,(H,14,17). The number of thiazole rings is 1. The molecule has 3 N–H and O–H groups in total. The van der Waals surface area contributed by atoms with E-state index in [0.717, 1.165) is 32.4 Å². The SMILES string of the molecule is CN(C)c1nc2sc(C(=O)NCCCCN)cc2s1. The fourth-order valence-electron chi connectivity index (χ4n) is 1.59. The van der Waals surface area contributed by atoms with Crippen LogP contribution in [0.25, 0.3) is 9.53 Å². The largest absolute Gasteiger partial charge is 0.354 e. The molecular formula is C12H18N4OS2. The summed E-state index contributed by atoms with van der Waals surface area (Å²) in [6.45, 7) is 1.35. The number of aromatic nitrogens is 1. The van der Waals surface area contributed by atoms with E-state index in [-0.39, 0.29) is 5.91 Å². The van der Waals surface area contributed by atoms with Gasteiger partial charge in [0.1, 0.15) is 4.83 Å². The van der Waals surface area contributed by atoms with E-state index in [1.54, 1.807) is 11.3 Å². The summed E-state index contributed by atoms with van der Waals surface area (Å²) in [5.74, 6) is -0.0152. The number of nitrogens with zero attached hydrogens (tertiary/aromatic N) is 2. The zero-order valence-electron chi connectivity index (χ0n) is 11.1. The van der Waals surface area contributed by atoms with Crippen LogP contribution in [0, 0.1) is 0 Å². The van der Waals surface area contributed by atoms with E-state index in [1.807, 2.05) is 25.1 Å². The quantitative estimate of drug-likeness (QED) is 0.799. The summed E-state index contributed by atoms with van der Waals surface area (Å²) in [5, 5.41) is 3.87. The Kier molecular flexibility index (Phi) is 4.73. The van der Waals surface area contributed by atoms with Crippen molar-refractivity contribution in [2.75, 3.05) is 32.1 Å². The third kappa shape index (κ3) is 3.43. The van der Waals surface area contributed by atoms with Gasteiger partial charge in [-0.15, -0.1) is 11.3 Å². The van der Waals surface area contributed by atoms with Crippen LogP contribution in [-0.4, -0.2) is 38.1 Å². The van der Waals surface area contributed by atoms with Crippen molar-refractivity contribution in [3.05, 3.63) is 10.9 Å². The zero-order chi connectivity index (χ0) is 13.8. The van der Waals surface area contributed by atoms with Crippen molar-refractivity contribution < 1.29 is 4.79 Å². The second kappa shape index (κ2) is 6.31. The van der Waals surface area contributed by atoms with Crippen LogP contribution < -0.4 is 16.0 Å². The molecule has 0 aliphatic rings. The summed E-state index contributed by atoms with van der Waals surface area (Å²) in [6, 6.07) is 1.92. The van der Waals surface area contributed by atoms with Crippen LogP contribution in [0.4, 0.5) is 5.13 Å². The molecule has 0 aromatic carbocycles. The van der Waals surface area contributed by atoms with Crippen molar-refractivity contribution in [2.24, 2.45) is 5.73 Å². The molecular weight excluding hydrogens is 280 g/mol. The third-order valence-corrected chi connectivity index (χ3v) is 4.93. The number of fused-ring (bicyclic) bond motifs is 1. The number of anilines is 1. The van der Waals surface area contributed by atoms with Crippen molar-refractivity contribution in [1.82, 2.24) is 10.3 Å². The summed E-state index contributed by atoms with van der Waals surface area (Å²) in [4.78, 5) is 20.1. The van der Waals surface area contributed by atoms with Crippen LogP contribution in [0.3, 0.4) is 0 Å². The van der Waals surface area contributed by atoms with E-state index < -0.39 is 0 Å². The molecule has 5 nitrogen and oxygen atoms in total. The molecule has 0 saturated heterocycles. The lowest BCUT2D eigenvalue weighted by Crippen LogP contribution is -2.23. The molecule has 7 heteroatoms. The molecule has 104 valence electrons. The molecule has 0 bridgehead atoms. The molecule has 19 heavy (non-hydrogen) atoms. The summed E-state index contributed by atoms with van der Waals surface area (Å²) in [5.41, 5.74) is 5.41. The highest BCUT2D eigenvalue weighted by Gasteiger charge is 2.14. The number of hydrogen-bond donors (Lipinski definition) is 2. The van der Waals surface area contributed by atoms with Gasteiger partial charge in [-0.1, -0.05) is 11.3 Å². The van der Waals surface area contributed by atoms with E-state index >= 15 is 0 Å². The summed E-state index contributed by atoms with van der Waals surface area (Å²) in [6.07, 6.45) is 1.86. The summed E-state index contributed by atoms with van der Waals surface area (Å²) >= 11 is 3.05. The van der Waals surface area contributed by atoms with Gasteiger partial charge in [0.15, 0.2) is 5.13 Å². The van der Waals surface area contributed by atoms with Crippen molar-refractivity contribution in [2.45, 2.75) is 12.8 Å². The Morgan fingerprint density at radius 2 is 2.21 bits per heavy atom. The second-order valence-corrected chi connectivity index (χ2v) is 6.46. The van der Waals surface area contributed by atoms with Gasteiger partial charge in [-0.2, -0.15) is 0 Å². The minimum absolute atomic E-state index is 0.0152. The highest BCUT2D eigenvalue weighted by atomic mass is 32.1. The predicted octanol–water partition coefficient (Wildman–Crippen LogP) is 1.89. The van der Waals surface area contributed by atoms with Gasteiger partial charge in [-0.3, -0.25) is 4.79 Å². The molecule has 2 aromatic rings. The number of nitrogens with one attached hydrogen (secondary N) is 1. The monoisotopic (exact) mass is 298 g/mol. The Balaban J connectivity index is 2.00. The minimum Gasteiger partial charge on any atom is -0.354 e. The molecule has 1 amide bonds. The number of rotatable bonds is 6. The highest BCUT2D eigenvalue weighted by molar-refractivity contribution is 7.29. The molecule has 0 aliphatic carbocycles. The lowest BCUT2D eigenvalue weighted by molar-refractivity contribution is 0.0957. The molecule has 2 heterocycles. The number of unbranched alkanes of at least 4 members (excludes halogenated alkanes) is 1. The van der Waals surface area contributed by atoms with Gasteiger partial charge in [-0.05, 0) is 25.5 Å². The Labute approximate surface area is 120 Å². The van der Waals surface area contributed by atoms with Crippen LogP contribution in [0.15, 0.2) is 6.07 Å². The molecule has 0 atom stereocenters. The first-order valence-corrected chi connectivity index (χ1v) is 7.81. The predicted molar refractivity (Wildman–Crippen MR) is 82.4 cm³/mol. The van der Waals surface area contributed by atoms with Gasteiger partial charge < -0.3 is 16.0 Å². The first kappa shape index (κ1) is 14.2. The van der Waals surface area contributed by atoms with E-state index in [1.165, 1.54) is 11.3 Å². The Morgan fingerprint density at radius 3 is 2.84 bits per heavy atom. The minimum atomic E-state index is -0.0152. The number of nitrogens with two attached hydrogens (primary N) is 1. The van der Waals surface area contributed by atoms with E-state index in [9.17, 15) is 4.79 Å². The molecule has 2 rings (SSSR count). The molecule has 0 unspecified atom stereocenters.